The quantitative estimate of drug-likeness (QED) is 0.599. The van der Waals surface area contributed by atoms with Gasteiger partial charge in [0.25, 0.3) is 0 Å². The first-order valence-electron chi connectivity index (χ1n) is 0.401. The van der Waals surface area contributed by atoms with Gasteiger partial charge in [-0.2, -0.15) is 0 Å². The Bertz CT molecular complexity index is 11.6. The standard InChI is InChI=1S/3BrH.ClH.Fe/h4*1H;/q;;;;+3/p-3. The first-order valence-corrected chi connectivity index (χ1v) is 8.59. The Labute approximate surface area is 62.5 Å². The van der Waals surface area contributed by atoms with E-state index in [2.05, 4.69) is 42.3 Å². The van der Waals surface area contributed by atoms with Gasteiger partial charge >= 0.3 is 50.8 Å². The van der Waals surface area contributed by atoms with Crippen LogP contribution in [0.25, 0.3) is 0 Å². The molecule has 0 radical (unpaired) electrons. The predicted octanol–water partition coefficient (Wildman–Crippen LogP) is 2.96. The second-order valence-electron chi connectivity index (χ2n) is 0.152. The van der Waals surface area contributed by atoms with Crippen molar-refractivity contribution in [2.75, 3.05) is 0 Å². The van der Waals surface area contributed by atoms with E-state index in [4.69, 9.17) is 0 Å². The van der Waals surface area contributed by atoms with Crippen LogP contribution < -0.4 is 0 Å². The molecule has 0 saturated heterocycles. The van der Waals surface area contributed by atoms with Gasteiger partial charge in [-0.15, -0.1) is 12.4 Å². The molecule has 0 heterocycles. The second kappa shape index (κ2) is 6.25. The summed E-state index contributed by atoms with van der Waals surface area (Å²) in [5.74, 6) is 0. The number of rotatable bonds is 0. The SMILES string of the molecule is Cl.[Br][Fe]([Br])[Br]. The van der Waals surface area contributed by atoms with Gasteiger partial charge in [-0.3, -0.25) is 0 Å². The van der Waals surface area contributed by atoms with Crippen molar-refractivity contribution in [3.8, 4) is 0 Å². The van der Waals surface area contributed by atoms with Crippen molar-refractivity contribution in [2.24, 2.45) is 0 Å². The van der Waals surface area contributed by atoms with Crippen LogP contribution >= 0.6 is 54.7 Å². The zero-order valence-corrected chi connectivity index (χ0v) is 8.57. The predicted molar refractivity (Wildman–Crippen MR) is 34.0 cm³/mol. The maximum absolute atomic E-state index is 3.19. The molecule has 0 rings (SSSR count). The van der Waals surface area contributed by atoms with Crippen LogP contribution in [0.2, 0.25) is 0 Å². The van der Waals surface area contributed by atoms with E-state index in [0.717, 1.165) is 0 Å². The molecule has 0 aromatic carbocycles. The van der Waals surface area contributed by atoms with Gasteiger partial charge in [0.1, 0.15) is 0 Å². The van der Waals surface area contributed by atoms with Crippen LogP contribution in [0.5, 0.6) is 0 Å². The van der Waals surface area contributed by atoms with E-state index in [1.807, 2.05) is 0 Å². The van der Waals surface area contributed by atoms with Gasteiger partial charge in [0, 0.05) is 0 Å². The van der Waals surface area contributed by atoms with E-state index in [1.54, 1.807) is 0 Å². The Kier molecular flexibility index (Phi) is 12.8. The zero-order valence-electron chi connectivity index (χ0n) is 1.90. The summed E-state index contributed by atoms with van der Waals surface area (Å²) in [4.78, 5) is 0. The van der Waals surface area contributed by atoms with Crippen LogP contribution in [0.4, 0.5) is 0 Å². The monoisotopic (exact) mass is 329 g/mol. The fraction of sp³-hybridized carbons (Fsp3) is 0. The number of hydrogen-bond acceptors (Lipinski definition) is 0. The molecule has 0 amide bonds. The van der Waals surface area contributed by atoms with Crippen molar-refractivity contribution in [3.05, 3.63) is 0 Å². The molecule has 0 spiro atoms. The Balaban J connectivity index is 0. The van der Waals surface area contributed by atoms with Crippen molar-refractivity contribution in [2.45, 2.75) is 0 Å². The number of halogens is 4. The topological polar surface area (TPSA) is 0 Å². The minimum absolute atomic E-state index is 0. The summed E-state index contributed by atoms with van der Waals surface area (Å²) >= 11 is 9.56. The normalized spacial score (nSPS) is 9.00. The zero-order chi connectivity index (χ0) is 3.58. The third-order valence-electron chi connectivity index (χ3n) is 0. The second-order valence-corrected chi connectivity index (χ2v) is 16.9. The molecule has 0 nitrogen and oxygen atoms in total. The Hall–Kier alpha value is 2.25. The van der Waals surface area contributed by atoms with Crippen LogP contribution in [0.15, 0.2) is 0 Å². The molecule has 5 heavy (non-hydrogen) atoms. The molecule has 37 valence electrons. The van der Waals surface area contributed by atoms with Crippen molar-refractivity contribution in [3.63, 3.8) is 0 Å². The molecule has 0 N–H and O–H groups in total. The summed E-state index contributed by atoms with van der Waals surface area (Å²) in [7, 11) is -0.312. The van der Waals surface area contributed by atoms with Crippen molar-refractivity contribution in [1.29, 1.82) is 0 Å². The summed E-state index contributed by atoms with van der Waals surface area (Å²) in [6.07, 6.45) is 0. The van der Waals surface area contributed by atoms with Gasteiger partial charge in [0.05, 0.1) is 0 Å². The first kappa shape index (κ1) is 10.3. The van der Waals surface area contributed by atoms with E-state index >= 15 is 0 Å². The summed E-state index contributed by atoms with van der Waals surface area (Å²) in [6, 6.07) is 0. The molecule has 0 aliphatic heterocycles. The van der Waals surface area contributed by atoms with Crippen LogP contribution in [-0.4, -0.2) is 0 Å². The minimum atomic E-state index is -0.312. The summed E-state index contributed by atoms with van der Waals surface area (Å²) in [6.45, 7) is 0. The maximum atomic E-state index is 3.19. The van der Waals surface area contributed by atoms with Crippen molar-refractivity contribution in [1.82, 2.24) is 0 Å². The van der Waals surface area contributed by atoms with Gasteiger partial charge in [0.2, 0.25) is 0 Å². The Morgan fingerprint density at radius 2 is 1.00 bits per heavy atom. The fourth-order valence-corrected chi connectivity index (χ4v) is 0. The van der Waals surface area contributed by atoms with Crippen molar-refractivity contribution >= 4 is 54.7 Å². The third-order valence-corrected chi connectivity index (χ3v) is 0. The van der Waals surface area contributed by atoms with E-state index in [9.17, 15) is 0 Å². The van der Waals surface area contributed by atoms with E-state index < -0.39 is 0 Å². The van der Waals surface area contributed by atoms with E-state index in [1.165, 1.54) is 0 Å². The molecular formula is HBr3ClFe. The van der Waals surface area contributed by atoms with Crippen LogP contribution in [0, 0.1) is 0 Å². The van der Waals surface area contributed by atoms with Gasteiger partial charge in [-0.25, -0.2) is 0 Å². The Morgan fingerprint density at radius 1 is 1.00 bits per heavy atom. The van der Waals surface area contributed by atoms with E-state index in [-0.39, 0.29) is 20.9 Å². The molecule has 0 atom stereocenters. The molecule has 5 heteroatoms. The third kappa shape index (κ3) is 22.3. The van der Waals surface area contributed by atoms with Crippen molar-refractivity contribution < 1.29 is 8.48 Å². The van der Waals surface area contributed by atoms with Gasteiger partial charge < -0.3 is 0 Å². The summed E-state index contributed by atoms with van der Waals surface area (Å²) in [5.41, 5.74) is 0. The molecule has 0 aliphatic rings. The van der Waals surface area contributed by atoms with E-state index in [0.29, 0.717) is 0 Å². The average Bonchev–Trinajstić information content (AvgIpc) is 0.811. The molecule has 0 bridgehead atoms. The molecule has 0 unspecified atom stereocenters. The van der Waals surface area contributed by atoms with Gasteiger partial charge in [-0.1, -0.05) is 0 Å². The Morgan fingerprint density at radius 3 is 1.00 bits per heavy atom. The van der Waals surface area contributed by atoms with Gasteiger partial charge in [-0.05, 0) is 0 Å². The van der Waals surface area contributed by atoms with Gasteiger partial charge in [0.15, 0.2) is 0 Å². The van der Waals surface area contributed by atoms with Crippen LogP contribution in [0.1, 0.15) is 0 Å². The summed E-state index contributed by atoms with van der Waals surface area (Å²) in [5, 5.41) is 0. The molecule has 0 saturated carbocycles. The first-order chi connectivity index (χ1) is 1.73. The molecule has 0 aromatic heterocycles. The fourth-order valence-electron chi connectivity index (χ4n) is 0. The average molecular weight is 332 g/mol. The van der Waals surface area contributed by atoms with Crippen LogP contribution in [0.3, 0.4) is 0 Å². The molecule has 0 aliphatic carbocycles. The van der Waals surface area contributed by atoms with Crippen LogP contribution in [-0.2, 0) is 8.48 Å². The molecule has 0 fully saturated rings. The molecular weight excluding hydrogens is 331 g/mol. The number of hydrogen-bond donors (Lipinski definition) is 0. The summed E-state index contributed by atoms with van der Waals surface area (Å²) < 4.78 is 0. The molecule has 0 aromatic rings.